The zero-order valence-electron chi connectivity index (χ0n) is 22.9. The first-order valence-electron chi connectivity index (χ1n) is 14.3. The zero-order chi connectivity index (χ0) is 30.7. The van der Waals surface area contributed by atoms with Gasteiger partial charge in [-0.2, -0.15) is 26.3 Å². The van der Waals surface area contributed by atoms with E-state index < -0.39 is 71.5 Å². The van der Waals surface area contributed by atoms with Crippen LogP contribution in [0.3, 0.4) is 0 Å². The first-order valence-corrected chi connectivity index (χ1v) is 15.8. The third kappa shape index (κ3) is 9.40. The minimum Gasteiger partial charge on any atom is -0.597 e. The summed E-state index contributed by atoms with van der Waals surface area (Å²) in [5.74, 6) is -1.46. The highest BCUT2D eigenvalue weighted by molar-refractivity contribution is 7.96. The second-order valence-corrected chi connectivity index (χ2v) is 13.8. The van der Waals surface area contributed by atoms with Crippen LogP contribution in [0.15, 0.2) is 0 Å². The van der Waals surface area contributed by atoms with Gasteiger partial charge < -0.3 is 9.29 Å². The largest absolute Gasteiger partial charge is 0.597 e. The summed E-state index contributed by atoms with van der Waals surface area (Å²) in [6, 6.07) is -1.47. The highest BCUT2D eigenvalue weighted by Gasteiger charge is 2.45. The Hall–Kier alpha value is -1.19. The first kappa shape index (κ1) is 33.7. The van der Waals surface area contributed by atoms with Crippen molar-refractivity contribution in [2.75, 3.05) is 19.7 Å². The van der Waals surface area contributed by atoms with Gasteiger partial charge in [-0.3, -0.25) is 36.7 Å². The predicted octanol–water partition coefficient (Wildman–Crippen LogP) is 2.10. The number of piperidine rings is 1. The Morgan fingerprint density at radius 1 is 0.881 bits per heavy atom. The molecule has 2 aliphatic heterocycles. The Morgan fingerprint density at radius 3 is 2.02 bits per heavy atom. The Bertz CT molecular complexity index is 950. The monoisotopic (exact) mass is 639 g/mol. The Kier molecular flexibility index (Phi) is 11.1. The molecular formula is C23H39F6N7O5S. The van der Waals surface area contributed by atoms with E-state index in [0.717, 1.165) is 0 Å². The molecule has 6 atom stereocenters. The fourth-order valence-electron chi connectivity index (χ4n) is 6.23. The number of ether oxygens (including phenoxy) is 1. The van der Waals surface area contributed by atoms with Gasteiger partial charge in [-0.1, -0.05) is 10.6 Å². The number of alkyl halides is 6. The quantitative estimate of drug-likeness (QED) is 0.110. The van der Waals surface area contributed by atoms with Gasteiger partial charge in [-0.15, -0.1) is 4.31 Å². The van der Waals surface area contributed by atoms with Crippen molar-refractivity contribution in [1.29, 1.82) is 0 Å². The molecule has 0 spiro atoms. The third-order valence-electron chi connectivity index (χ3n) is 8.50. The summed E-state index contributed by atoms with van der Waals surface area (Å²) in [7, 11) is -3.64. The van der Waals surface area contributed by atoms with E-state index in [0.29, 0.717) is 25.7 Å². The molecule has 2 saturated carbocycles. The summed E-state index contributed by atoms with van der Waals surface area (Å²) < 4.78 is 111. The molecule has 42 heavy (non-hydrogen) atoms. The molecule has 0 bridgehead atoms. The van der Waals surface area contributed by atoms with Crippen LogP contribution < -0.4 is 26.6 Å². The highest BCUT2D eigenvalue weighted by Crippen LogP contribution is 2.37. The molecule has 0 aromatic heterocycles. The normalized spacial score (nSPS) is 35.9. The molecule has 0 radical (unpaired) electrons. The Balaban J connectivity index is 1.30. The van der Waals surface area contributed by atoms with Gasteiger partial charge in [0, 0.05) is 55.8 Å². The summed E-state index contributed by atoms with van der Waals surface area (Å²) in [6.45, 7) is -1.13. The molecule has 4 rings (SSSR count). The Labute approximate surface area is 240 Å². The molecule has 0 amide bonds. The molecule has 12 nitrogen and oxygen atoms in total. The third-order valence-corrected chi connectivity index (χ3v) is 10.9. The number of nitrogens with one attached hydrogen (secondary N) is 5. The van der Waals surface area contributed by atoms with Crippen LogP contribution in [-0.4, -0.2) is 88.1 Å². The number of nitro groups is 1. The molecule has 4 aliphatic rings. The number of nitrogens with zero attached hydrogens (tertiary/aromatic N) is 2. The van der Waals surface area contributed by atoms with Crippen molar-refractivity contribution in [3.63, 3.8) is 0 Å². The molecule has 4 fully saturated rings. The molecule has 6 unspecified atom stereocenters. The predicted molar refractivity (Wildman–Crippen MR) is 137 cm³/mol. The van der Waals surface area contributed by atoms with Crippen molar-refractivity contribution in [2.45, 2.75) is 119 Å². The highest BCUT2D eigenvalue weighted by atomic mass is 32.3. The molecule has 2 heterocycles. The maximum Gasteiger partial charge on any atom is 0.411 e. The molecule has 2 saturated heterocycles. The van der Waals surface area contributed by atoms with Gasteiger partial charge in [0.15, 0.2) is 6.35 Å². The minimum atomic E-state index is -4.59. The van der Waals surface area contributed by atoms with Crippen LogP contribution in [0.5, 0.6) is 0 Å². The number of halogens is 6. The average Bonchev–Trinajstić information content (AvgIpc) is 2.91. The lowest BCUT2D eigenvalue weighted by Gasteiger charge is -2.44. The second-order valence-electron chi connectivity index (χ2n) is 11.5. The number of sulfonamides is 1. The van der Waals surface area contributed by atoms with Gasteiger partial charge >= 0.3 is 12.4 Å². The van der Waals surface area contributed by atoms with Gasteiger partial charge in [0.05, 0.1) is 5.92 Å². The maximum absolute atomic E-state index is 13.3. The number of hydrogen-bond donors (Lipinski definition) is 5. The maximum atomic E-state index is 13.3. The summed E-state index contributed by atoms with van der Waals surface area (Å²) in [5.41, 5.74) is 0. The second kappa shape index (κ2) is 13.8. The van der Waals surface area contributed by atoms with E-state index >= 15 is 0 Å². The summed E-state index contributed by atoms with van der Waals surface area (Å²) in [4.78, 5) is 10.6. The van der Waals surface area contributed by atoms with E-state index in [2.05, 4.69) is 26.6 Å². The van der Waals surface area contributed by atoms with E-state index in [1.807, 2.05) is 0 Å². The van der Waals surface area contributed by atoms with Crippen LogP contribution in [0.1, 0.15) is 64.2 Å². The van der Waals surface area contributed by atoms with Gasteiger partial charge in [-0.05, 0) is 32.1 Å². The topological polar surface area (TPSA) is 156 Å². The zero-order valence-corrected chi connectivity index (χ0v) is 23.7. The van der Waals surface area contributed by atoms with Gasteiger partial charge in [0.2, 0.25) is 6.04 Å². The fourth-order valence-corrected chi connectivity index (χ4v) is 8.24. The van der Waals surface area contributed by atoms with Crippen LogP contribution >= 0.6 is 0 Å². The van der Waals surface area contributed by atoms with E-state index in [1.54, 1.807) is 0 Å². The summed E-state index contributed by atoms with van der Waals surface area (Å²) >= 11 is 0. The van der Waals surface area contributed by atoms with Crippen molar-refractivity contribution in [1.82, 2.24) is 30.9 Å². The standard InChI is InChI=1S/C23H39F6N7O5S/c24-22(25,26)13-41-21-33-19(32-20(34-21)31-16-3-1-2-14(12-16)23(27,28)29)30-15-8-10-35(11-9-15)42(39,40)18-6-4-17(5-7-18)36(37)38/h14-21,30-34H,1-13H2. The lowest BCUT2D eigenvalue weighted by molar-refractivity contribution is -0.526. The smallest absolute Gasteiger partial charge is 0.411 e. The van der Waals surface area contributed by atoms with Gasteiger partial charge in [0.1, 0.15) is 34.8 Å². The van der Waals surface area contributed by atoms with Crippen LogP contribution in [-0.2, 0) is 19.3 Å². The summed E-state index contributed by atoms with van der Waals surface area (Å²) in [5, 5.41) is 25.2. The van der Waals surface area contributed by atoms with Crippen molar-refractivity contribution < 1.29 is 44.8 Å². The number of rotatable bonds is 9. The first-order chi connectivity index (χ1) is 19.6. The van der Waals surface area contributed by atoms with Gasteiger partial charge in [0.25, 0.3) is 0 Å². The minimum absolute atomic E-state index is 0.0326. The molecule has 244 valence electrons. The molecule has 0 aromatic carbocycles. The fraction of sp³-hybridized carbons (Fsp3) is 1.00. The van der Waals surface area contributed by atoms with E-state index in [9.17, 15) is 45.2 Å². The average molecular weight is 640 g/mol. The summed E-state index contributed by atoms with van der Waals surface area (Å²) in [6.07, 6.45) is -9.44. The van der Waals surface area contributed by atoms with Crippen LogP contribution in [0.2, 0.25) is 0 Å². The van der Waals surface area contributed by atoms with Crippen molar-refractivity contribution in [2.24, 2.45) is 5.92 Å². The van der Waals surface area contributed by atoms with Gasteiger partial charge in [-0.25, -0.2) is 0 Å². The number of hydrogen-bond acceptors (Lipinski definition) is 10. The van der Waals surface area contributed by atoms with Crippen molar-refractivity contribution in [3.8, 4) is 0 Å². The van der Waals surface area contributed by atoms with Crippen LogP contribution in [0.25, 0.3) is 0 Å². The van der Waals surface area contributed by atoms with E-state index in [4.69, 9.17) is 4.74 Å². The van der Waals surface area contributed by atoms with Crippen LogP contribution in [0.4, 0.5) is 26.3 Å². The lowest BCUT2D eigenvalue weighted by atomic mass is 9.85. The SMILES string of the molecule is O=[N+]([O-])C1CCC([S+](=O)([O-])N2CCC(NC3NC(NC4CCCC(C(F)(F)F)C4)NC(OCC(F)(F)F)N3)CC2)CC1. The Morgan fingerprint density at radius 2 is 1.48 bits per heavy atom. The molecule has 5 N–H and O–H groups in total. The molecular weight excluding hydrogens is 600 g/mol. The molecule has 19 heteroatoms. The van der Waals surface area contributed by atoms with Crippen molar-refractivity contribution >= 4 is 10.4 Å². The molecule has 0 aromatic rings. The lowest BCUT2D eigenvalue weighted by Crippen LogP contribution is -2.76. The van der Waals surface area contributed by atoms with E-state index in [-0.39, 0.29) is 62.6 Å². The van der Waals surface area contributed by atoms with Crippen molar-refractivity contribution in [3.05, 3.63) is 10.1 Å². The van der Waals surface area contributed by atoms with Crippen LogP contribution in [0, 0.1) is 16.0 Å². The van der Waals surface area contributed by atoms with E-state index in [1.165, 1.54) is 4.31 Å². The molecule has 2 aliphatic carbocycles.